The van der Waals surface area contributed by atoms with Gasteiger partial charge in [0.1, 0.15) is 0 Å². The molecule has 0 radical (unpaired) electrons. The molecule has 3 aromatic rings. The zero-order valence-corrected chi connectivity index (χ0v) is 9.56. The van der Waals surface area contributed by atoms with Crippen molar-refractivity contribution in [3.8, 4) is 0 Å². The Morgan fingerprint density at radius 1 is 1.47 bits per heavy atom. The standard InChI is InChI=1S/C9H7N5O2S/c1-14(8-11-12-13-17-8)5-2-3-6-7(4-5)16-9(15)10-6/h2-4H,1H3,(H,10,15). The molecule has 8 heteroatoms. The van der Waals surface area contributed by atoms with Crippen molar-refractivity contribution in [1.82, 2.24) is 19.8 Å². The van der Waals surface area contributed by atoms with Gasteiger partial charge in [-0.25, -0.2) is 4.79 Å². The lowest BCUT2D eigenvalue weighted by Crippen LogP contribution is -2.08. The van der Waals surface area contributed by atoms with Gasteiger partial charge in [0, 0.05) is 30.3 Å². The van der Waals surface area contributed by atoms with Crippen molar-refractivity contribution in [3.63, 3.8) is 0 Å². The SMILES string of the molecule is CN(c1ccc2[nH]c(=O)oc2c1)c1nnns1. The number of hydrogen-bond acceptors (Lipinski definition) is 7. The second kappa shape index (κ2) is 3.67. The van der Waals surface area contributed by atoms with E-state index in [0.29, 0.717) is 16.2 Å². The van der Waals surface area contributed by atoms with E-state index in [9.17, 15) is 4.79 Å². The predicted molar refractivity (Wildman–Crippen MR) is 62.6 cm³/mol. The summed E-state index contributed by atoms with van der Waals surface area (Å²) in [5.41, 5.74) is 2.03. The van der Waals surface area contributed by atoms with Gasteiger partial charge in [-0.1, -0.05) is 9.59 Å². The highest BCUT2D eigenvalue weighted by atomic mass is 32.1. The number of H-pyrrole nitrogens is 1. The topological polar surface area (TPSA) is 87.9 Å². The number of nitrogens with one attached hydrogen (secondary N) is 1. The Morgan fingerprint density at radius 3 is 3.12 bits per heavy atom. The Balaban J connectivity index is 2.08. The fraction of sp³-hybridized carbons (Fsp3) is 0.111. The molecule has 7 nitrogen and oxygen atoms in total. The van der Waals surface area contributed by atoms with Gasteiger partial charge in [0.2, 0.25) is 5.13 Å². The largest absolute Gasteiger partial charge is 0.417 e. The molecule has 0 aliphatic rings. The average molecular weight is 249 g/mol. The highest BCUT2D eigenvalue weighted by molar-refractivity contribution is 7.09. The van der Waals surface area contributed by atoms with Crippen LogP contribution in [-0.4, -0.2) is 26.8 Å². The summed E-state index contributed by atoms with van der Waals surface area (Å²) >= 11 is 1.19. The third kappa shape index (κ3) is 1.68. The van der Waals surface area contributed by atoms with E-state index in [1.165, 1.54) is 11.5 Å². The van der Waals surface area contributed by atoms with Gasteiger partial charge in [-0.3, -0.25) is 4.98 Å². The number of hydrogen-bond donors (Lipinski definition) is 1. The van der Waals surface area contributed by atoms with Crippen LogP contribution in [0.15, 0.2) is 27.4 Å². The van der Waals surface area contributed by atoms with E-state index in [-0.39, 0.29) is 0 Å². The van der Waals surface area contributed by atoms with Crippen LogP contribution in [0.5, 0.6) is 0 Å². The lowest BCUT2D eigenvalue weighted by molar-refractivity contribution is 0.555. The molecule has 0 bridgehead atoms. The van der Waals surface area contributed by atoms with Crippen molar-refractivity contribution in [2.45, 2.75) is 0 Å². The summed E-state index contributed by atoms with van der Waals surface area (Å²) in [4.78, 5) is 15.4. The first-order chi connectivity index (χ1) is 8.24. The molecular weight excluding hydrogens is 242 g/mol. The summed E-state index contributed by atoms with van der Waals surface area (Å²) in [6.07, 6.45) is 0. The minimum atomic E-state index is -0.461. The smallest absolute Gasteiger partial charge is 0.408 e. The third-order valence-corrected chi connectivity index (χ3v) is 3.04. The van der Waals surface area contributed by atoms with Crippen LogP contribution in [0.25, 0.3) is 11.1 Å². The number of anilines is 2. The summed E-state index contributed by atoms with van der Waals surface area (Å²) < 4.78 is 8.68. The minimum absolute atomic E-state index is 0.461. The van der Waals surface area contributed by atoms with E-state index < -0.39 is 5.76 Å². The molecule has 0 aliphatic carbocycles. The van der Waals surface area contributed by atoms with Crippen LogP contribution < -0.4 is 10.7 Å². The number of rotatable bonds is 2. The number of fused-ring (bicyclic) bond motifs is 1. The molecule has 0 saturated carbocycles. The van der Waals surface area contributed by atoms with E-state index in [1.54, 1.807) is 12.1 Å². The van der Waals surface area contributed by atoms with E-state index in [0.717, 1.165) is 5.69 Å². The summed E-state index contributed by atoms with van der Waals surface area (Å²) in [6, 6.07) is 5.39. The molecule has 3 rings (SSSR count). The van der Waals surface area contributed by atoms with Gasteiger partial charge in [-0.05, 0) is 17.3 Å². The fourth-order valence-corrected chi connectivity index (χ4v) is 1.96. The molecule has 1 aromatic carbocycles. The Morgan fingerprint density at radius 2 is 2.35 bits per heavy atom. The molecule has 0 spiro atoms. The molecule has 0 fully saturated rings. The number of nitrogens with zero attached hydrogens (tertiary/aromatic N) is 4. The molecule has 0 amide bonds. The van der Waals surface area contributed by atoms with Gasteiger partial charge < -0.3 is 9.32 Å². The molecule has 17 heavy (non-hydrogen) atoms. The minimum Gasteiger partial charge on any atom is -0.408 e. The molecule has 0 aliphatic heterocycles. The summed E-state index contributed by atoms with van der Waals surface area (Å²) in [7, 11) is 1.84. The Kier molecular flexibility index (Phi) is 2.15. The van der Waals surface area contributed by atoms with Crippen LogP contribution in [0, 0.1) is 0 Å². The molecular formula is C9H7N5O2S. The highest BCUT2D eigenvalue weighted by Crippen LogP contribution is 2.25. The van der Waals surface area contributed by atoms with Crippen LogP contribution in [-0.2, 0) is 0 Å². The zero-order valence-electron chi connectivity index (χ0n) is 8.75. The van der Waals surface area contributed by atoms with E-state index >= 15 is 0 Å². The first kappa shape index (κ1) is 9.97. The van der Waals surface area contributed by atoms with Gasteiger partial charge in [0.25, 0.3) is 0 Å². The van der Waals surface area contributed by atoms with Gasteiger partial charge in [0.05, 0.1) is 5.52 Å². The maximum absolute atomic E-state index is 11.0. The molecule has 2 heterocycles. The molecule has 86 valence electrons. The molecule has 0 saturated heterocycles. The van der Waals surface area contributed by atoms with Crippen molar-refractivity contribution in [1.29, 1.82) is 0 Å². The van der Waals surface area contributed by atoms with Crippen LogP contribution in [0.4, 0.5) is 10.8 Å². The molecule has 1 N–H and O–H groups in total. The quantitative estimate of drug-likeness (QED) is 0.732. The van der Waals surface area contributed by atoms with Crippen molar-refractivity contribution in [2.75, 3.05) is 11.9 Å². The van der Waals surface area contributed by atoms with Crippen molar-refractivity contribution < 1.29 is 4.42 Å². The van der Waals surface area contributed by atoms with E-state index in [2.05, 4.69) is 19.8 Å². The number of aromatic nitrogens is 4. The maximum atomic E-state index is 11.0. The Labute approximate surface area is 98.8 Å². The first-order valence-corrected chi connectivity index (χ1v) is 5.53. The molecule has 2 aromatic heterocycles. The molecule has 0 atom stereocenters. The number of oxazole rings is 1. The zero-order chi connectivity index (χ0) is 11.8. The number of aromatic amines is 1. The fourth-order valence-electron chi connectivity index (χ4n) is 1.51. The van der Waals surface area contributed by atoms with Crippen LogP contribution >= 0.6 is 11.5 Å². The second-order valence-corrected chi connectivity index (χ2v) is 4.11. The highest BCUT2D eigenvalue weighted by Gasteiger charge is 2.10. The lowest BCUT2D eigenvalue weighted by atomic mass is 10.3. The third-order valence-electron chi connectivity index (χ3n) is 2.37. The Bertz CT molecular complexity index is 702. The van der Waals surface area contributed by atoms with Gasteiger partial charge in [-0.2, -0.15) is 0 Å². The van der Waals surface area contributed by atoms with Crippen LogP contribution in [0.2, 0.25) is 0 Å². The van der Waals surface area contributed by atoms with Crippen molar-refractivity contribution >= 4 is 33.5 Å². The van der Waals surface area contributed by atoms with Gasteiger partial charge in [-0.15, -0.1) is 0 Å². The lowest BCUT2D eigenvalue weighted by Gasteiger charge is -2.13. The van der Waals surface area contributed by atoms with Crippen LogP contribution in [0.3, 0.4) is 0 Å². The van der Waals surface area contributed by atoms with E-state index in [4.69, 9.17) is 4.42 Å². The second-order valence-electron chi connectivity index (χ2n) is 3.40. The van der Waals surface area contributed by atoms with Crippen molar-refractivity contribution in [2.24, 2.45) is 0 Å². The predicted octanol–water partition coefficient (Wildman–Crippen LogP) is 1.14. The molecule has 0 unspecified atom stereocenters. The first-order valence-electron chi connectivity index (χ1n) is 4.76. The monoisotopic (exact) mass is 249 g/mol. The Hall–Kier alpha value is -2.22. The number of benzene rings is 1. The van der Waals surface area contributed by atoms with Crippen molar-refractivity contribution in [3.05, 3.63) is 28.7 Å². The normalized spacial score (nSPS) is 10.9. The summed E-state index contributed by atoms with van der Waals surface area (Å²) in [6.45, 7) is 0. The summed E-state index contributed by atoms with van der Waals surface area (Å²) in [5.74, 6) is -0.461. The summed E-state index contributed by atoms with van der Waals surface area (Å²) in [5, 5.41) is 8.06. The average Bonchev–Trinajstić information content (AvgIpc) is 2.94. The van der Waals surface area contributed by atoms with Gasteiger partial charge >= 0.3 is 5.76 Å². The maximum Gasteiger partial charge on any atom is 0.417 e. The van der Waals surface area contributed by atoms with E-state index in [1.807, 2.05) is 18.0 Å². The van der Waals surface area contributed by atoms with Gasteiger partial charge in [0.15, 0.2) is 5.58 Å². The van der Waals surface area contributed by atoms with Crippen LogP contribution in [0.1, 0.15) is 0 Å².